The first-order chi connectivity index (χ1) is 20.2. The number of rotatable bonds is 15. The molecule has 0 heterocycles. The SMILES string of the molecule is CCCCCCCC(=O)C(=O)Oc1ccc(-c2ccc(OC(=O)c3ccccc3OC(=O)[C@@H](Cl)[C@@H](C)CC)cc2)cc1. The zero-order chi connectivity index (χ0) is 30.5. The summed E-state index contributed by atoms with van der Waals surface area (Å²) >= 11 is 6.21. The van der Waals surface area contributed by atoms with Crippen molar-refractivity contribution >= 4 is 35.3 Å². The lowest BCUT2D eigenvalue weighted by molar-refractivity contribution is -0.147. The van der Waals surface area contributed by atoms with Crippen LogP contribution in [0.4, 0.5) is 0 Å². The van der Waals surface area contributed by atoms with Crippen LogP contribution in [0.2, 0.25) is 0 Å². The normalized spacial score (nSPS) is 12.2. The predicted molar refractivity (Wildman–Crippen MR) is 162 cm³/mol. The van der Waals surface area contributed by atoms with Gasteiger partial charge in [-0.25, -0.2) is 9.59 Å². The molecule has 3 rings (SSSR count). The number of Topliss-reactive ketones (excluding diaryl/α,β-unsaturated/α-hetero) is 1. The summed E-state index contributed by atoms with van der Waals surface area (Å²) in [7, 11) is 0. The second-order valence-electron chi connectivity index (χ2n) is 10.1. The van der Waals surface area contributed by atoms with Crippen LogP contribution >= 0.6 is 11.6 Å². The number of unbranched alkanes of at least 4 members (excludes halogenated alkanes) is 4. The maximum absolute atomic E-state index is 12.9. The second kappa shape index (κ2) is 16.5. The minimum Gasteiger partial charge on any atom is -0.425 e. The van der Waals surface area contributed by atoms with E-state index in [1.165, 1.54) is 12.1 Å². The monoisotopic (exact) mass is 592 g/mol. The lowest BCUT2D eigenvalue weighted by Crippen LogP contribution is -2.27. The first-order valence-corrected chi connectivity index (χ1v) is 14.8. The van der Waals surface area contributed by atoms with E-state index in [0.29, 0.717) is 18.6 Å². The van der Waals surface area contributed by atoms with E-state index in [1.807, 2.05) is 13.8 Å². The summed E-state index contributed by atoms with van der Waals surface area (Å²) in [6, 6.07) is 20.0. The van der Waals surface area contributed by atoms with Crippen molar-refractivity contribution in [1.29, 1.82) is 0 Å². The summed E-state index contributed by atoms with van der Waals surface area (Å²) in [5, 5.41) is -0.833. The van der Waals surface area contributed by atoms with Crippen LogP contribution in [-0.2, 0) is 14.4 Å². The quantitative estimate of drug-likeness (QED) is 0.0580. The summed E-state index contributed by atoms with van der Waals surface area (Å²) in [4.78, 5) is 49.5. The molecule has 0 radical (unpaired) electrons. The maximum Gasteiger partial charge on any atom is 0.379 e. The van der Waals surface area contributed by atoms with Crippen molar-refractivity contribution in [2.45, 2.75) is 71.1 Å². The van der Waals surface area contributed by atoms with E-state index < -0.39 is 29.1 Å². The van der Waals surface area contributed by atoms with Gasteiger partial charge in [-0.15, -0.1) is 11.6 Å². The highest BCUT2D eigenvalue weighted by Crippen LogP contribution is 2.27. The zero-order valence-corrected chi connectivity index (χ0v) is 25.0. The smallest absolute Gasteiger partial charge is 0.379 e. The van der Waals surface area contributed by atoms with Crippen LogP contribution in [0.3, 0.4) is 0 Å². The molecule has 222 valence electrons. The van der Waals surface area contributed by atoms with E-state index in [2.05, 4.69) is 6.92 Å². The van der Waals surface area contributed by atoms with Gasteiger partial charge in [0.15, 0.2) is 0 Å². The molecule has 42 heavy (non-hydrogen) atoms. The fourth-order valence-corrected chi connectivity index (χ4v) is 4.30. The molecule has 3 aromatic rings. The molecule has 0 aromatic heterocycles. The van der Waals surface area contributed by atoms with Crippen molar-refractivity contribution in [3.8, 4) is 28.4 Å². The van der Waals surface area contributed by atoms with Crippen molar-refractivity contribution in [3.63, 3.8) is 0 Å². The average Bonchev–Trinajstić information content (AvgIpc) is 3.01. The van der Waals surface area contributed by atoms with Gasteiger partial charge >= 0.3 is 17.9 Å². The Morgan fingerprint density at radius 3 is 1.88 bits per heavy atom. The number of carbonyl (C=O) groups is 4. The molecule has 0 saturated heterocycles. The van der Waals surface area contributed by atoms with Gasteiger partial charge in [0.25, 0.3) is 0 Å². The predicted octanol–water partition coefficient (Wildman–Crippen LogP) is 7.97. The van der Waals surface area contributed by atoms with Gasteiger partial charge in [0.2, 0.25) is 5.78 Å². The van der Waals surface area contributed by atoms with E-state index >= 15 is 0 Å². The number of benzene rings is 3. The Labute approximate surface area is 252 Å². The Morgan fingerprint density at radius 2 is 1.29 bits per heavy atom. The van der Waals surface area contributed by atoms with Crippen molar-refractivity contribution in [2.24, 2.45) is 5.92 Å². The highest BCUT2D eigenvalue weighted by Gasteiger charge is 2.25. The highest BCUT2D eigenvalue weighted by molar-refractivity contribution is 6.34. The first-order valence-electron chi connectivity index (χ1n) is 14.4. The minimum absolute atomic E-state index is 0.0764. The molecule has 0 bridgehead atoms. The number of alkyl halides is 1. The van der Waals surface area contributed by atoms with Gasteiger partial charge in [0, 0.05) is 6.42 Å². The van der Waals surface area contributed by atoms with Crippen molar-refractivity contribution in [3.05, 3.63) is 78.4 Å². The number of halogens is 1. The Kier molecular flexibility index (Phi) is 12.8. The number of para-hydroxylation sites is 1. The molecule has 2 atom stereocenters. The summed E-state index contributed by atoms with van der Waals surface area (Å²) < 4.78 is 16.2. The zero-order valence-electron chi connectivity index (χ0n) is 24.3. The molecule has 8 heteroatoms. The summed E-state index contributed by atoms with van der Waals surface area (Å²) in [6.45, 7) is 5.90. The van der Waals surface area contributed by atoms with Gasteiger partial charge < -0.3 is 14.2 Å². The van der Waals surface area contributed by atoms with Crippen molar-refractivity contribution in [2.75, 3.05) is 0 Å². The molecule has 0 N–H and O–H groups in total. The number of esters is 3. The molecule has 3 aromatic carbocycles. The molecule has 7 nitrogen and oxygen atoms in total. The lowest BCUT2D eigenvalue weighted by atomic mass is 10.1. The molecular formula is C34H37ClO7. The average molecular weight is 593 g/mol. The van der Waals surface area contributed by atoms with E-state index in [9.17, 15) is 19.2 Å². The molecule has 0 aliphatic carbocycles. The Bertz CT molecular complexity index is 1350. The maximum atomic E-state index is 12.9. The fraction of sp³-hybridized carbons (Fsp3) is 0.353. The van der Waals surface area contributed by atoms with Crippen molar-refractivity contribution in [1.82, 2.24) is 0 Å². The van der Waals surface area contributed by atoms with Gasteiger partial charge in [-0.05, 0) is 59.9 Å². The molecule has 0 amide bonds. The van der Waals surface area contributed by atoms with Crippen LogP contribution in [0.5, 0.6) is 17.2 Å². The molecule has 0 saturated carbocycles. The molecule has 0 aliphatic rings. The van der Waals surface area contributed by atoms with Gasteiger partial charge in [-0.3, -0.25) is 9.59 Å². The third kappa shape index (κ3) is 9.55. The minimum atomic E-state index is -0.848. The van der Waals surface area contributed by atoms with Gasteiger partial charge in [-0.2, -0.15) is 0 Å². The van der Waals surface area contributed by atoms with E-state index in [4.69, 9.17) is 25.8 Å². The van der Waals surface area contributed by atoms with E-state index in [-0.39, 0.29) is 29.4 Å². The van der Waals surface area contributed by atoms with Crippen LogP contribution in [0, 0.1) is 5.92 Å². The first kappa shape index (κ1) is 32.5. The van der Waals surface area contributed by atoms with Crippen LogP contribution in [-0.4, -0.2) is 29.1 Å². The molecule has 0 unspecified atom stereocenters. The number of hydrogen-bond acceptors (Lipinski definition) is 7. The standard InChI is InChI=1S/C34H37ClO7/c1-4-6-7-8-9-13-29(36)33(38)41-27-21-17-25(18-22-27)24-15-19-26(20-16-24)40-32(37)28-12-10-11-14-30(28)42-34(39)31(35)23(3)5-2/h10-12,14-23,31H,4-9,13H2,1-3H3/t23-,31-/m0/s1. The van der Waals surface area contributed by atoms with Gasteiger partial charge in [0.1, 0.15) is 28.2 Å². The van der Waals surface area contributed by atoms with Crippen LogP contribution in [0.1, 0.15) is 76.1 Å². The Morgan fingerprint density at radius 1 is 0.714 bits per heavy atom. The largest absolute Gasteiger partial charge is 0.425 e. The lowest BCUT2D eigenvalue weighted by Gasteiger charge is -2.16. The molecule has 0 aliphatic heterocycles. The summed E-state index contributed by atoms with van der Waals surface area (Å²) in [5.41, 5.74) is 1.77. The van der Waals surface area contributed by atoms with Crippen LogP contribution < -0.4 is 14.2 Å². The Hall–Kier alpha value is -3.97. The fourth-order valence-electron chi connectivity index (χ4n) is 4.08. The van der Waals surface area contributed by atoms with Crippen molar-refractivity contribution < 1.29 is 33.4 Å². The number of ether oxygens (including phenoxy) is 3. The number of ketones is 1. The van der Waals surface area contributed by atoms with Crippen LogP contribution in [0.15, 0.2) is 72.8 Å². The second-order valence-corrected chi connectivity index (χ2v) is 10.6. The summed E-state index contributed by atoms with van der Waals surface area (Å²) in [5.74, 6) is -2.08. The highest BCUT2D eigenvalue weighted by atomic mass is 35.5. The summed E-state index contributed by atoms with van der Waals surface area (Å²) in [6.07, 6.45) is 5.82. The van der Waals surface area contributed by atoms with Gasteiger partial charge in [-0.1, -0.05) is 89.3 Å². The van der Waals surface area contributed by atoms with E-state index in [0.717, 1.165) is 36.8 Å². The van der Waals surface area contributed by atoms with E-state index in [1.54, 1.807) is 60.7 Å². The molecule has 0 fully saturated rings. The third-order valence-electron chi connectivity index (χ3n) is 6.88. The van der Waals surface area contributed by atoms with Crippen LogP contribution in [0.25, 0.3) is 11.1 Å². The number of hydrogen-bond donors (Lipinski definition) is 0. The van der Waals surface area contributed by atoms with Gasteiger partial charge in [0.05, 0.1) is 0 Å². The Balaban J connectivity index is 1.57. The topological polar surface area (TPSA) is 96.0 Å². The molecular weight excluding hydrogens is 556 g/mol. The third-order valence-corrected chi connectivity index (χ3v) is 7.49. The molecule has 0 spiro atoms. The number of carbonyl (C=O) groups excluding carboxylic acids is 4.